The van der Waals surface area contributed by atoms with Crippen LogP contribution < -0.4 is 20.1 Å². The molecule has 2 fully saturated rings. The lowest BCUT2D eigenvalue weighted by molar-refractivity contribution is 0.0875. The SMILES string of the molecule is COc1cc(OC)c(Cl)c(-c2cc3cnc(NC4CCCOC4)cc3c(NC3CCOC3)n2)c1Cl. The predicted molar refractivity (Wildman–Crippen MR) is 138 cm³/mol. The number of benzene rings is 1. The lowest BCUT2D eigenvalue weighted by Gasteiger charge is -2.24. The van der Waals surface area contributed by atoms with E-state index in [4.69, 9.17) is 47.1 Å². The van der Waals surface area contributed by atoms with Crippen LogP contribution >= 0.6 is 23.2 Å². The van der Waals surface area contributed by atoms with Gasteiger partial charge in [-0.05, 0) is 31.4 Å². The summed E-state index contributed by atoms with van der Waals surface area (Å²) in [5, 5.41) is 9.62. The Morgan fingerprint density at radius 2 is 1.63 bits per heavy atom. The molecule has 0 amide bonds. The molecule has 2 aliphatic rings. The third-order valence-electron chi connectivity index (χ3n) is 6.33. The van der Waals surface area contributed by atoms with Crippen LogP contribution in [0.5, 0.6) is 11.5 Å². The maximum absolute atomic E-state index is 6.70. The van der Waals surface area contributed by atoms with Crippen molar-refractivity contribution in [1.29, 1.82) is 0 Å². The van der Waals surface area contributed by atoms with Crippen molar-refractivity contribution in [3.05, 3.63) is 34.4 Å². The second-order valence-corrected chi connectivity index (χ2v) is 9.45. The summed E-state index contributed by atoms with van der Waals surface area (Å²) in [6, 6.07) is 6.01. The molecule has 0 saturated carbocycles. The van der Waals surface area contributed by atoms with Crippen molar-refractivity contribution < 1.29 is 18.9 Å². The van der Waals surface area contributed by atoms with Crippen LogP contribution in [0.3, 0.4) is 0 Å². The van der Waals surface area contributed by atoms with E-state index < -0.39 is 0 Å². The van der Waals surface area contributed by atoms with E-state index in [1.54, 1.807) is 20.3 Å². The minimum Gasteiger partial charge on any atom is -0.495 e. The van der Waals surface area contributed by atoms with E-state index in [1.807, 2.05) is 18.3 Å². The van der Waals surface area contributed by atoms with E-state index >= 15 is 0 Å². The molecular weight excluding hydrogens is 491 g/mol. The van der Waals surface area contributed by atoms with Gasteiger partial charge in [-0.3, -0.25) is 0 Å². The van der Waals surface area contributed by atoms with Gasteiger partial charge in [-0.15, -0.1) is 0 Å². The maximum atomic E-state index is 6.70. The lowest BCUT2D eigenvalue weighted by atomic mass is 10.1. The number of nitrogens with zero attached hydrogens (tertiary/aromatic N) is 2. The molecule has 2 N–H and O–H groups in total. The smallest absolute Gasteiger partial charge is 0.141 e. The fourth-order valence-electron chi connectivity index (χ4n) is 4.48. The van der Waals surface area contributed by atoms with E-state index in [-0.39, 0.29) is 12.1 Å². The van der Waals surface area contributed by atoms with Crippen molar-refractivity contribution >= 4 is 45.6 Å². The number of ether oxygens (including phenoxy) is 4. The Morgan fingerprint density at radius 1 is 0.914 bits per heavy atom. The quantitative estimate of drug-likeness (QED) is 0.429. The van der Waals surface area contributed by atoms with Crippen LogP contribution in [-0.4, -0.2) is 62.7 Å². The monoisotopic (exact) mass is 518 g/mol. The second-order valence-electron chi connectivity index (χ2n) is 8.69. The first-order chi connectivity index (χ1) is 17.1. The molecule has 10 heteroatoms. The molecule has 186 valence electrons. The first-order valence-corrected chi connectivity index (χ1v) is 12.4. The molecule has 8 nitrogen and oxygen atoms in total. The number of nitrogens with one attached hydrogen (secondary N) is 2. The molecule has 4 heterocycles. The average Bonchev–Trinajstić information content (AvgIpc) is 3.38. The van der Waals surface area contributed by atoms with Gasteiger partial charge in [0.25, 0.3) is 0 Å². The van der Waals surface area contributed by atoms with E-state index in [9.17, 15) is 0 Å². The van der Waals surface area contributed by atoms with Crippen molar-refractivity contribution in [2.24, 2.45) is 0 Å². The number of hydrogen-bond acceptors (Lipinski definition) is 8. The second kappa shape index (κ2) is 10.6. The average molecular weight is 519 g/mol. The molecule has 35 heavy (non-hydrogen) atoms. The summed E-state index contributed by atoms with van der Waals surface area (Å²) >= 11 is 13.4. The first kappa shape index (κ1) is 24.2. The lowest BCUT2D eigenvalue weighted by Crippen LogP contribution is -2.30. The van der Waals surface area contributed by atoms with E-state index in [1.165, 1.54) is 0 Å². The Morgan fingerprint density at radius 3 is 2.29 bits per heavy atom. The van der Waals surface area contributed by atoms with Crippen LogP contribution in [0, 0.1) is 0 Å². The van der Waals surface area contributed by atoms with Crippen LogP contribution in [0.1, 0.15) is 19.3 Å². The molecule has 2 aromatic heterocycles. The summed E-state index contributed by atoms with van der Waals surface area (Å²) in [5.41, 5.74) is 1.13. The number of fused-ring (bicyclic) bond motifs is 1. The number of methoxy groups -OCH3 is 2. The summed E-state index contributed by atoms with van der Waals surface area (Å²) < 4.78 is 22.1. The van der Waals surface area contributed by atoms with E-state index in [0.717, 1.165) is 49.1 Å². The number of rotatable bonds is 7. The Hall–Kier alpha value is -2.52. The Labute approximate surface area is 214 Å². The Bertz CT molecular complexity index is 1190. The van der Waals surface area contributed by atoms with Crippen LogP contribution in [0.15, 0.2) is 24.4 Å². The largest absolute Gasteiger partial charge is 0.495 e. The summed E-state index contributed by atoms with van der Waals surface area (Å²) in [6.45, 7) is 2.83. The third-order valence-corrected chi connectivity index (χ3v) is 7.08. The molecule has 1 aromatic carbocycles. The minimum absolute atomic E-state index is 0.156. The van der Waals surface area contributed by atoms with Crippen LogP contribution in [0.4, 0.5) is 11.6 Å². The number of anilines is 2. The molecule has 0 bridgehead atoms. The highest BCUT2D eigenvalue weighted by Gasteiger charge is 2.23. The number of aromatic nitrogens is 2. The first-order valence-electron chi connectivity index (χ1n) is 11.7. The zero-order valence-corrected chi connectivity index (χ0v) is 21.2. The van der Waals surface area contributed by atoms with Gasteiger partial charge in [0.1, 0.15) is 23.1 Å². The number of pyridine rings is 2. The van der Waals surface area contributed by atoms with Crippen molar-refractivity contribution in [1.82, 2.24) is 9.97 Å². The molecular formula is C25H28Cl2N4O4. The highest BCUT2D eigenvalue weighted by atomic mass is 35.5. The van der Waals surface area contributed by atoms with Crippen LogP contribution in [0.25, 0.3) is 22.0 Å². The van der Waals surface area contributed by atoms with Gasteiger partial charge in [0, 0.05) is 41.8 Å². The summed E-state index contributed by atoms with van der Waals surface area (Å²) in [5.74, 6) is 2.41. The highest BCUT2D eigenvalue weighted by molar-refractivity contribution is 6.41. The topological polar surface area (TPSA) is 86.8 Å². The summed E-state index contributed by atoms with van der Waals surface area (Å²) in [7, 11) is 3.10. The molecule has 5 rings (SSSR count). The van der Waals surface area contributed by atoms with Crippen molar-refractivity contribution in [3.8, 4) is 22.8 Å². The van der Waals surface area contributed by atoms with Gasteiger partial charge in [-0.2, -0.15) is 0 Å². The van der Waals surface area contributed by atoms with E-state index in [0.29, 0.717) is 51.8 Å². The van der Waals surface area contributed by atoms with Crippen molar-refractivity contribution in [2.45, 2.75) is 31.3 Å². The summed E-state index contributed by atoms with van der Waals surface area (Å²) in [6.07, 6.45) is 4.83. The number of halogens is 2. The fourth-order valence-corrected chi connectivity index (χ4v) is 5.17. The van der Waals surface area contributed by atoms with Gasteiger partial charge in [0.2, 0.25) is 0 Å². The molecule has 0 aliphatic carbocycles. The third kappa shape index (κ3) is 5.07. The molecule has 2 aliphatic heterocycles. The van der Waals surface area contributed by atoms with Gasteiger partial charge >= 0.3 is 0 Å². The molecule has 2 saturated heterocycles. The zero-order valence-electron chi connectivity index (χ0n) is 19.7. The van der Waals surface area contributed by atoms with Crippen LogP contribution in [0.2, 0.25) is 10.0 Å². The summed E-state index contributed by atoms with van der Waals surface area (Å²) in [4.78, 5) is 9.63. The van der Waals surface area contributed by atoms with Gasteiger partial charge < -0.3 is 29.6 Å². The van der Waals surface area contributed by atoms with Gasteiger partial charge in [-0.1, -0.05) is 23.2 Å². The maximum Gasteiger partial charge on any atom is 0.141 e. The molecule has 2 unspecified atom stereocenters. The fraction of sp³-hybridized carbons (Fsp3) is 0.440. The standard InChI is InChI=1S/C25H28Cl2N4O4/c1-32-19-10-20(33-2)24(27)22(23(19)26)18-8-14-11-28-21(29-15-4-3-6-34-12-15)9-17(14)25(31-18)30-16-5-7-35-13-16/h8-11,15-16H,3-7,12-13H2,1-2H3,(H,28,29)(H,30,31). The molecule has 3 aromatic rings. The molecule has 0 spiro atoms. The van der Waals surface area contributed by atoms with E-state index in [2.05, 4.69) is 15.6 Å². The normalized spacial score (nSPS) is 20.1. The highest BCUT2D eigenvalue weighted by Crippen LogP contribution is 2.46. The molecule has 2 atom stereocenters. The zero-order chi connectivity index (χ0) is 24.4. The number of hydrogen-bond donors (Lipinski definition) is 2. The Kier molecular flexibility index (Phi) is 7.34. The minimum atomic E-state index is 0.156. The van der Waals surface area contributed by atoms with Crippen molar-refractivity contribution in [3.63, 3.8) is 0 Å². The molecule has 0 radical (unpaired) electrons. The van der Waals surface area contributed by atoms with Gasteiger partial charge in [0.15, 0.2) is 0 Å². The van der Waals surface area contributed by atoms with Crippen molar-refractivity contribution in [2.75, 3.05) is 51.3 Å². The van der Waals surface area contributed by atoms with Gasteiger partial charge in [-0.25, -0.2) is 9.97 Å². The Balaban J connectivity index is 1.61. The predicted octanol–water partition coefficient (Wildman–Crippen LogP) is 5.41. The van der Waals surface area contributed by atoms with Gasteiger partial charge in [0.05, 0.1) is 55.3 Å². The van der Waals surface area contributed by atoms with Crippen LogP contribution in [-0.2, 0) is 9.47 Å².